The number of imidazole rings is 1. The Morgan fingerprint density at radius 1 is 1.11 bits per heavy atom. The maximum Gasteiger partial charge on any atom is 0.268 e. The van der Waals surface area contributed by atoms with Crippen LogP contribution in [0.3, 0.4) is 0 Å². The van der Waals surface area contributed by atoms with Crippen molar-refractivity contribution in [1.82, 2.24) is 19.5 Å². The van der Waals surface area contributed by atoms with Gasteiger partial charge in [-0.2, -0.15) is 5.26 Å². The zero-order valence-electron chi connectivity index (χ0n) is 20.0. The lowest BCUT2D eigenvalue weighted by molar-refractivity contribution is 0.102. The second kappa shape index (κ2) is 10.2. The molecule has 0 saturated heterocycles. The molecule has 5 aromatic rings. The molecule has 0 radical (unpaired) electrons. The highest BCUT2D eigenvalue weighted by Gasteiger charge is 2.17. The van der Waals surface area contributed by atoms with Crippen molar-refractivity contribution in [3.63, 3.8) is 0 Å². The number of aromatic nitrogens is 4. The number of rotatable bonds is 8. The summed E-state index contributed by atoms with van der Waals surface area (Å²) >= 11 is 1.40. The Balaban J connectivity index is 1.45. The molecule has 1 N–H and O–H groups in total. The van der Waals surface area contributed by atoms with Crippen molar-refractivity contribution in [2.24, 2.45) is 0 Å². The fraction of sp³-hybridized carbons (Fsp3) is 0.222. The minimum atomic E-state index is -0.224. The Morgan fingerprint density at radius 3 is 2.72 bits per heavy atom. The number of nitrogens with zero attached hydrogens (tertiary/aromatic N) is 5. The van der Waals surface area contributed by atoms with E-state index < -0.39 is 0 Å². The number of carbonyl (C=O) groups excluding carboxylic acids is 1. The Morgan fingerprint density at radius 2 is 1.94 bits per heavy atom. The largest absolute Gasteiger partial charge is 0.382 e. The number of fused-ring (bicyclic) bond motifs is 2. The average Bonchev–Trinajstić information content (AvgIpc) is 3.51. The van der Waals surface area contributed by atoms with Gasteiger partial charge in [-0.3, -0.25) is 15.1 Å². The Kier molecular flexibility index (Phi) is 6.71. The molecular formula is C27H24N6O2S. The molecule has 0 bridgehead atoms. The minimum absolute atomic E-state index is 0.224. The van der Waals surface area contributed by atoms with Crippen molar-refractivity contribution in [3.8, 4) is 16.5 Å². The average molecular weight is 497 g/mol. The van der Waals surface area contributed by atoms with E-state index in [0.29, 0.717) is 36.1 Å². The molecule has 36 heavy (non-hydrogen) atoms. The molecular weight excluding hydrogens is 472 g/mol. The lowest BCUT2D eigenvalue weighted by atomic mass is 10.1. The standard InChI is InChI=1S/C27H24N6O2S/c1-3-35-12-4-11-33-23-14-21-20(29-16-17(2)30-21)13-22(23)31-27(33)32-26(34)25-10-9-24(36-25)19-7-5-18(15-28)6-8-19/h5-10,13-14,16H,3-4,11-12H2,1-2H3,(H,31,32,34). The zero-order chi connectivity index (χ0) is 25.1. The van der Waals surface area contributed by atoms with Crippen LogP contribution in [0.2, 0.25) is 0 Å². The van der Waals surface area contributed by atoms with Gasteiger partial charge in [-0.15, -0.1) is 11.3 Å². The van der Waals surface area contributed by atoms with Crippen LogP contribution in [0.4, 0.5) is 5.95 Å². The normalized spacial score (nSPS) is 11.1. The van der Waals surface area contributed by atoms with Crippen LogP contribution in [0.1, 0.15) is 34.3 Å². The monoisotopic (exact) mass is 496 g/mol. The predicted molar refractivity (Wildman–Crippen MR) is 141 cm³/mol. The summed E-state index contributed by atoms with van der Waals surface area (Å²) in [6, 6.07) is 17.0. The number of hydrogen-bond donors (Lipinski definition) is 1. The third-order valence-electron chi connectivity index (χ3n) is 5.76. The highest BCUT2D eigenvalue weighted by molar-refractivity contribution is 7.17. The highest BCUT2D eigenvalue weighted by Crippen LogP contribution is 2.30. The Hall–Kier alpha value is -4.13. The van der Waals surface area contributed by atoms with E-state index in [1.54, 1.807) is 24.4 Å². The molecule has 0 unspecified atom stereocenters. The van der Waals surface area contributed by atoms with E-state index in [-0.39, 0.29) is 5.91 Å². The van der Waals surface area contributed by atoms with E-state index in [0.717, 1.165) is 44.6 Å². The number of thiophene rings is 1. The van der Waals surface area contributed by atoms with Crippen LogP contribution in [0.5, 0.6) is 0 Å². The van der Waals surface area contributed by atoms with E-state index in [1.165, 1.54) is 11.3 Å². The maximum absolute atomic E-state index is 13.2. The first kappa shape index (κ1) is 23.6. The topological polar surface area (TPSA) is 106 Å². The number of hydrogen-bond acceptors (Lipinski definition) is 7. The van der Waals surface area contributed by atoms with Crippen LogP contribution in [-0.4, -0.2) is 38.6 Å². The molecule has 2 aromatic carbocycles. The van der Waals surface area contributed by atoms with Crippen molar-refractivity contribution in [2.45, 2.75) is 26.8 Å². The molecule has 180 valence electrons. The van der Waals surface area contributed by atoms with Gasteiger partial charge >= 0.3 is 0 Å². The van der Waals surface area contributed by atoms with Crippen LogP contribution in [0.25, 0.3) is 32.5 Å². The summed E-state index contributed by atoms with van der Waals surface area (Å²) in [6.07, 6.45) is 2.51. The molecule has 0 spiro atoms. The fourth-order valence-corrected chi connectivity index (χ4v) is 4.91. The summed E-state index contributed by atoms with van der Waals surface area (Å²) in [5.41, 5.74) is 5.59. The van der Waals surface area contributed by atoms with Gasteiger partial charge in [0.15, 0.2) is 0 Å². The van der Waals surface area contributed by atoms with Gasteiger partial charge in [-0.05, 0) is 62.2 Å². The van der Waals surface area contributed by atoms with Crippen LogP contribution in [0.15, 0.2) is 54.7 Å². The summed E-state index contributed by atoms with van der Waals surface area (Å²) in [4.78, 5) is 28.5. The van der Waals surface area contributed by atoms with Crippen molar-refractivity contribution in [1.29, 1.82) is 5.26 Å². The van der Waals surface area contributed by atoms with Crippen molar-refractivity contribution >= 4 is 45.3 Å². The molecule has 3 heterocycles. The molecule has 0 aliphatic heterocycles. The van der Waals surface area contributed by atoms with Crippen molar-refractivity contribution in [2.75, 3.05) is 18.5 Å². The third-order valence-corrected chi connectivity index (χ3v) is 6.89. The first-order valence-electron chi connectivity index (χ1n) is 11.7. The van der Waals surface area contributed by atoms with Gasteiger partial charge in [0.1, 0.15) is 0 Å². The SMILES string of the molecule is CCOCCCn1c(NC(=O)c2ccc(-c3ccc(C#N)cc3)s2)nc2cc3ncc(C)nc3cc21. The van der Waals surface area contributed by atoms with E-state index >= 15 is 0 Å². The number of carbonyl (C=O) groups is 1. The van der Waals surface area contributed by atoms with Crippen molar-refractivity contribution < 1.29 is 9.53 Å². The van der Waals surface area contributed by atoms with Crippen LogP contribution < -0.4 is 5.32 Å². The summed E-state index contributed by atoms with van der Waals surface area (Å²) in [5, 5.41) is 12.0. The number of nitrogens with one attached hydrogen (secondary N) is 1. The van der Waals surface area contributed by atoms with E-state index in [1.807, 2.05) is 48.7 Å². The van der Waals surface area contributed by atoms with E-state index in [9.17, 15) is 4.79 Å². The maximum atomic E-state index is 13.2. The first-order chi connectivity index (χ1) is 17.6. The van der Waals surface area contributed by atoms with Gasteiger partial charge in [0.05, 0.1) is 44.3 Å². The molecule has 0 saturated carbocycles. The lowest BCUT2D eigenvalue weighted by Gasteiger charge is -2.10. The molecule has 5 rings (SSSR count). The lowest BCUT2D eigenvalue weighted by Crippen LogP contribution is -2.15. The summed E-state index contributed by atoms with van der Waals surface area (Å²) < 4.78 is 7.52. The molecule has 0 aliphatic carbocycles. The van der Waals surface area contributed by atoms with Gasteiger partial charge in [0.2, 0.25) is 5.95 Å². The van der Waals surface area contributed by atoms with Crippen LogP contribution in [-0.2, 0) is 11.3 Å². The zero-order valence-corrected chi connectivity index (χ0v) is 20.8. The Labute approximate surface area is 212 Å². The predicted octanol–water partition coefficient (Wildman–Crippen LogP) is 5.57. The van der Waals surface area contributed by atoms with Gasteiger partial charge < -0.3 is 9.30 Å². The molecule has 0 aliphatic rings. The van der Waals surface area contributed by atoms with Gasteiger partial charge in [0, 0.05) is 30.8 Å². The summed E-state index contributed by atoms with van der Waals surface area (Å²) in [7, 11) is 0. The third kappa shape index (κ3) is 4.82. The Bertz CT molecular complexity index is 1600. The molecule has 8 nitrogen and oxygen atoms in total. The molecule has 3 aromatic heterocycles. The fourth-order valence-electron chi connectivity index (χ4n) is 4.00. The van der Waals surface area contributed by atoms with Gasteiger partial charge in [0.25, 0.3) is 5.91 Å². The summed E-state index contributed by atoms with van der Waals surface area (Å²) in [5.74, 6) is 0.254. The summed E-state index contributed by atoms with van der Waals surface area (Å²) in [6.45, 7) is 5.80. The minimum Gasteiger partial charge on any atom is -0.382 e. The highest BCUT2D eigenvalue weighted by atomic mass is 32.1. The van der Waals surface area contributed by atoms with E-state index in [2.05, 4.69) is 21.4 Å². The van der Waals surface area contributed by atoms with Crippen molar-refractivity contribution in [3.05, 3.63) is 70.9 Å². The molecule has 1 amide bonds. The second-order valence-corrected chi connectivity index (χ2v) is 9.37. The van der Waals surface area contributed by atoms with Crippen LogP contribution in [0, 0.1) is 18.3 Å². The molecule has 0 fully saturated rings. The second-order valence-electron chi connectivity index (χ2n) is 8.29. The quantitative estimate of drug-likeness (QED) is 0.282. The molecule has 9 heteroatoms. The number of anilines is 1. The smallest absolute Gasteiger partial charge is 0.268 e. The number of ether oxygens (including phenoxy) is 1. The first-order valence-corrected chi connectivity index (χ1v) is 12.5. The molecule has 0 atom stereocenters. The van der Waals surface area contributed by atoms with E-state index in [4.69, 9.17) is 15.0 Å². The number of nitriles is 1. The number of amides is 1. The van der Waals surface area contributed by atoms with Crippen LogP contribution >= 0.6 is 11.3 Å². The number of benzene rings is 2. The number of aryl methyl sites for hydroxylation is 2. The van der Waals surface area contributed by atoms with Gasteiger partial charge in [-0.25, -0.2) is 9.97 Å². The van der Waals surface area contributed by atoms with Gasteiger partial charge in [-0.1, -0.05) is 12.1 Å².